The summed E-state index contributed by atoms with van der Waals surface area (Å²) in [6.07, 6.45) is 0.722. The zero-order valence-electron chi connectivity index (χ0n) is 6.07. The molecular weight excluding hydrogens is 347 g/mol. The summed E-state index contributed by atoms with van der Waals surface area (Å²) in [4.78, 5) is 17.9. The molecule has 0 aliphatic carbocycles. The Morgan fingerprint density at radius 2 is 1.25 bits per heavy atom. The standard InChI is InChI=1S/C3H8N2.C2H2O4.Pt/c4-2-1-3-5;3-1(4)2(5)6;/h4-5H,1-3H2;(H,3,4)(H,5,6);/q-2;;+4/p-2. The molecule has 0 unspecified atom stereocenters. The summed E-state index contributed by atoms with van der Waals surface area (Å²) in [7, 11) is 0. The van der Waals surface area contributed by atoms with Crippen LogP contribution in [0, 0.1) is 0 Å². The van der Waals surface area contributed by atoms with Crippen molar-refractivity contribution < 1.29 is 40.9 Å². The summed E-state index contributed by atoms with van der Waals surface area (Å²) in [5.41, 5.74) is 13.0. The molecule has 0 bridgehead atoms. The van der Waals surface area contributed by atoms with Crippen LogP contribution in [0.25, 0.3) is 11.5 Å². The third-order valence-electron chi connectivity index (χ3n) is 0.520. The van der Waals surface area contributed by atoms with Crippen molar-refractivity contribution in [2.75, 3.05) is 13.1 Å². The molecule has 0 aromatic carbocycles. The Balaban J connectivity index is -0.000000126. The quantitative estimate of drug-likeness (QED) is 0.529. The monoisotopic (exact) mass is 355 g/mol. The Labute approximate surface area is 84.2 Å². The maximum atomic E-state index is 8.93. The van der Waals surface area contributed by atoms with Crippen LogP contribution in [0.5, 0.6) is 0 Å². The predicted molar refractivity (Wildman–Crippen MR) is 33.0 cm³/mol. The van der Waals surface area contributed by atoms with Gasteiger partial charge >= 0.3 is 21.1 Å². The molecule has 0 spiro atoms. The van der Waals surface area contributed by atoms with Gasteiger partial charge in [0.25, 0.3) is 0 Å². The third-order valence-corrected chi connectivity index (χ3v) is 0.520. The maximum absolute atomic E-state index is 8.93. The first kappa shape index (κ1) is 17.6. The molecule has 0 radical (unpaired) electrons. The number of aliphatic carboxylic acids is 2. The Morgan fingerprint density at radius 3 is 1.25 bits per heavy atom. The van der Waals surface area contributed by atoms with E-state index in [0.717, 1.165) is 6.42 Å². The van der Waals surface area contributed by atoms with Gasteiger partial charge in [0.2, 0.25) is 0 Å². The van der Waals surface area contributed by atoms with E-state index in [9.17, 15) is 0 Å². The molecule has 0 aliphatic heterocycles. The summed E-state index contributed by atoms with van der Waals surface area (Å²) >= 11 is 0. The molecule has 0 amide bonds. The van der Waals surface area contributed by atoms with E-state index < -0.39 is 11.9 Å². The fraction of sp³-hybridized carbons (Fsp3) is 0.600. The minimum atomic E-state index is -2.19. The van der Waals surface area contributed by atoms with Crippen LogP contribution in [-0.4, -0.2) is 25.0 Å². The Kier molecular flexibility index (Phi) is 19.3. The predicted octanol–water partition coefficient (Wildman–Crippen LogP) is -2.04. The van der Waals surface area contributed by atoms with Gasteiger partial charge in [-0.25, -0.2) is 0 Å². The zero-order chi connectivity index (χ0) is 9.28. The SMILES string of the molecule is O=C([O-])C(=O)[O-].[NH-]CCC[NH-].[Pt+4]. The van der Waals surface area contributed by atoms with E-state index in [2.05, 4.69) is 0 Å². The number of hydrogen-bond acceptors (Lipinski definition) is 4. The number of nitrogens with one attached hydrogen (secondary N) is 2. The van der Waals surface area contributed by atoms with Gasteiger partial charge < -0.3 is 31.3 Å². The number of carboxylic acid groups (broad SMARTS) is 2. The van der Waals surface area contributed by atoms with Crippen LogP contribution < -0.4 is 10.2 Å². The van der Waals surface area contributed by atoms with Crippen molar-refractivity contribution in [3.8, 4) is 0 Å². The van der Waals surface area contributed by atoms with Gasteiger partial charge in [0.15, 0.2) is 0 Å². The molecule has 0 rings (SSSR count). The van der Waals surface area contributed by atoms with Crippen molar-refractivity contribution >= 4 is 11.9 Å². The average Bonchev–Trinajstić information content (AvgIpc) is 1.90. The third kappa shape index (κ3) is 22.7. The Bertz CT molecular complexity index is 117. The van der Waals surface area contributed by atoms with E-state index in [4.69, 9.17) is 31.3 Å². The van der Waals surface area contributed by atoms with Gasteiger partial charge in [-0.2, -0.15) is 13.1 Å². The molecule has 0 saturated carbocycles. The minimum absolute atomic E-state index is 0. The van der Waals surface area contributed by atoms with Crippen LogP contribution in [-0.2, 0) is 30.7 Å². The second-order valence-electron chi connectivity index (χ2n) is 1.43. The van der Waals surface area contributed by atoms with E-state index in [1.54, 1.807) is 0 Å². The molecule has 0 aliphatic rings. The number of hydrogen-bond donors (Lipinski definition) is 0. The first-order valence-corrected chi connectivity index (χ1v) is 2.77. The van der Waals surface area contributed by atoms with Gasteiger partial charge in [-0.3, -0.25) is 0 Å². The zero-order valence-corrected chi connectivity index (χ0v) is 8.34. The van der Waals surface area contributed by atoms with Gasteiger partial charge in [-0.15, -0.1) is 0 Å². The molecule has 0 fully saturated rings. The van der Waals surface area contributed by atoms with Crippen LogP contribution in [0.15, 0.2) is 0 Å². The average molecular weight is 355 g/mol. The summed E-state index contributed by atoms with van der Waals surface area (Å²) in [6.45, 7) is 0.812. The van der Waals surface area contributed by atoms with E-state index in [1.165, 1.54) is 0 Å². The number of rotatable bonds is 2. The fourth-order valence-corrected chi connectivity index (χ4v) is 0.0884. The van der Waals surface area contributed by atoms with E-state index >= 15 is 0 Å². The van der Waals surface area contributed by atoms with E-state index in [0.29, 0.717) is 13.1 Å². The molecular formula is C5H8N2O4Pt. The van der Waals surface area contributed by atoms with Crippen molar-refractivity contribution in [2.45, 2.75) is 6.42 Å². The van der Waals surface area contributed by atoms with Crippen molar-refractivity contribution in [3.05, 3.63) is 11.5 Å². The molecule has 0 aromatic rings. The first-order chi connectivity index (χ1) is 5.06. The van der Waals surface area contributed by atoms with Crippen molar-refractivity contribution in [2.24, 2.45) is 0 Å². The first-order valence-electron chi connectivity index (χ1n) is 2.77. The van der Waals surface area contributed by atoms with Crippen LogP contribution in [0.4, 0.5) is 0 Å². The van der Waals surface area contributed by atoms with Gasteiger partial charge in [0, 0.05) is 0 Å². The van der Waals surface area contributed by atoms with E-state index in [1.807, 2.05) is 0 Å². The van der Waals surface area contributed by atoms with Crippen LogP contribution >= 0.6 is 0 Å². The second-order valence-corrected chi connectivity index (χ2v) is 1.43. The van der Waals surface area contributed by atoms with Crippen molar-refractivity contribution in [3.63, 3.8) is 0 Å². The molecule has 0 atom stereocenters. The molecule has 6 nitrogen and oxygen atoms in total. The fourth-order valence-electron chi connectivity index (χ4n) is 0.0884. The molecule has 12 heavy (non-hydrogen) atoms. The van der Waals surface area contributed by atoms with Gasteiger partial charge in [-0.05, 0) is 0 Å². The van der Waals surface area contributed by atoms with Crippen LogP contribution in [0.1, 0.15) is 6.42 Å². The molecule has 2 N–H and O–H groups in total. The van der Waals surface area contributed by atoms with Crippen LogP contribution in [0.3, 0.4) is 0 Å². The van der Waals surface area contributed by atoms with Gasteiger partial charge in [-0.1, -0.05) is 6.42 Å². The van der Waals surface area contributed by atoms with Gasteiger partial charge in [0.05, 0.1) is 11.9 Å². The van der Waals surface area contributed by atoms with Crippen molar-refractivity contribution in [1.82, 2.24) is 0 Å². The molecule has 7 heteroatoms. The Hall–Kier alpha value is -0.452. The number of carboxylic acids is 2. The van der Waals surface area contributed by atoms with Crippen molar-refractivity contribution in [1.29, 1.82) is 0 Å². The smallest absolute Gasteiger partial charge is 0.677 e. The topological polar surface area (TPSA) is 128 Å². The summed E-state index contributed by atoms with van der Waals surface area (Å²) in [5.74, 6) is -4.37. The number of carbonyl (C=O) groups is 2. The minimum Gasteiger partial charge on any atom is -0.677 e. The second kappa shape index (κ2) is 13.2. The van der Waals surface area contributed by atoms with E-state index in [-0.39, 0.29) is 21.1 Å². The number of carbonyl (C=O) groups excluding carboxylic acids is 2. The molecule has 0 aromatic heterocycles. The normalized spacial score (nSPS) is 7.17. The molecule has 0 heterocycles. The van der Waals surface area contributed by atoms with Crippen LogP contribution in [0.2, 0.25) is 0 Å². The van der Waals surface area contributed by atoms with Gasteiger partial charge in [0.1, 0.15) is 0 Å². The maximum Gasteiger partial charge on any atom is 4.00 e. The largest absolute Gasteiger partial charge is 4.00 e. The summed E-state index contributed by atoms with van der Waals surface area (Å²) in [5, 5.41) is 17.9. The molecule has 72 valence electrons. The summed E-state index contributed by atoms with van der Waals surface area (Å²) in [6, 6.07) is 0. The summed E-state index contributed by atoms with van der Waals surface area (Å²) < 4.78 is 0. The molecule has 0 saturated heterocycles. The Morgan fingerprint density at radius 1 is 1.00 bits per heavy atom.